The highest BCUT2D eigenvalue weighted by Gasteiger charge is 2.16. The summed E-state index contributed by atoms with van der Waals surface area (Å²) in [6, 6.07) is 5.83. The normalized spacial score (nSPS) is 19.6. The van der Waals surface area contributed by atoms with Crippen LogP contribution in [-0.2, 0) is 11.3 Å². The van der Waals surface area contributed by atoms with Gasteiger partial charge in [-0.2, -0.15) is 0 Å². The molecule has 1 saturated heterocycles. The van der Waals surface area contributed by atoms with Crippen molar-refractivity contribution in [1.29, 1.82) is 0 Å². The largest absolute Gasteiger partial charge is 0.496 e. The third kappa shape index (κ3) is 4.11. The number of likely N-dealkylation sites (N-methyl/N-ethyl adjacent to an activating group) is 1. The Morgan fingerprint density at radius 2 is 2.26 bits per heavy atom. The Morgan fingerprint density at radius 3 is 2.95 bits per heavy atom. The minimum Gasteiger partial charge on any atom is -0.496 e. The summed E-state index contributed by atoms with van der Waals surface area (Å²) < 4.78 is 11.1. The van der Waals surface area contributed by atoms with E-state index in [0.717, 1.165) is 36.7 Å². The van der Waals surface area contributed by atoms with Crippen molar-refractivity contribution in [3.8, 4) is 5.75 Å². The minimum absolute atomic E-state index is 0.374. The van der Waals surface area contributed by atoms with Crippen LogP contribution in [0.15, 0.2) is 18.2 Å². The monoisotopic (exact) mass is 264 g/mol. The second-order valence-corrected chi connectivity index (χ2v) is 5.26. The van der Waals surface area contributed by atoms with Crippen LogP contribution in [0.4, 0.5) is 5.69 Å². The molecule has 1 unspecified atom stereocenters. The van der Waals surface area contributed by atoms with Crippen molar-refractivity contribution in [3.63, 3.8) is 0 Å². The molecule has 1 aromatic carbocycles. The molecule has 1 fully saturated rings. The van der Waals surface area contributed by atoms with Gasteiger partial charge in [0.25, 0.3) is 0 Å². The Bertz CT molecular complexity index is 403. The molecule has 0 aromatic heterocycles. The van der Waals surface area contributed by atoms with E-state index in [1.54, 1.807) is 7.11 Å². The van der Waals surface area contributed by atoms with E-state index in [1.165, 1.54) is 19.3 Å². The molecular formula is C15H24N2O2. The molecule has 0 aliphatic carbocycles. The number of anilines is 1. The van der Waals surface area contributed by atoms with Crippen LogP contribution < -0.4 is 10.5 Å². The Labute approximate surface area is 115 Å². The van der Waals surface area contributed by atoms with Gasteiger partial charge in [-0.1, -0.05) is 6.07 Å². The molecule has 2 rings (SSSR count). The SMILES string of the molecule is COc1cc(N)ccc1CN(C)CC1CCCCO1. The maximum absolute atomic E-state index is 5.77. The van der Waals surface area contributed by atoms with Gasteiger partial charge in [0.1, 0.15) is 5.75 Å². The molecule has 4 nitrogen and oxygen atoms in total. The summed E-state index contributed by atoms with van der Waals surface area (Å²) in [5, 5.41) is 0. The predicted octanol–water partition coefficient (Wildman–Crippen LogP) is 2.28. The average Bonchev–Trinajstić information content (AvgIpc) is 2.42. The van der Waals surface area contributed by atoms with E-state index >= 15 is 0 Å². The summed E-state index contributed by atoms with van der Waals surface area (Å²) in [7, 11) is 3.80. The molecule has 1 heterocycles. The summed E-state index contributed by atoms with van der Waals surface area (Å²) in [6.07, 6.45) is 4.03. The molecule has 0 saturated carbocycles. The molecule has 0 amide bonds. The van der Waals surface area contributed by atoms with Crippen LogP contribution in [-0.4, -0.2) is 38.3 Å². The quantitative estimate of drug-likeness (QED) is 0.829. The summed E-state index contributed by atoms with van der Waals surface area (Å²) in [5.41, 5.74) is 7.67. The van der Waals surface area contributed by atoms with E-state index in [-0.39, 0.29) is 0 Å². The van der Waals surface area contributed by atoms with Crippen LogP contribution in [0.2, 0.25) is 0 Å². The van der Waals surface area contributed by atoms with Crippen LogP contribution in [0.1, 0.15) is 24.8 Å². The fraction of sp³-hybridized carbons (Fsp3) is 0.600. The fourth-order valence-corrected chi connectivity index (χ4v) is 2.55. The second kappa shape index (κ2) is 6.78. The molecule has 0 radical (unpaired) electrons. The van der Waals surface area contributed by atoms with Gasteiger partial charge >= 0.3 is 0 Å². The van der Waals surface area contributed by atoms with Crippen molar-refractivity contribution >= 4 is 5.69 Å². The highest BCUT2D eigenvalue weighted by Crippen LogP contribution is 2.23. The van der Waals surface area contributed by atoms with E-state index in [2.05, 4.69) is 11.9 Å². The van der Waals surface area contributed by atoms with Crippen molar-refractivity contribution < 1.29 is 9.47 Å². The maximum Gasteiger partial charge on any atom is 0.125 e. The number of hydrogen-bond acceptors (Lipinski definition) is 4. The van der Waals surface area contributed by atoms with Gasteiger partial charge in [-0.3, -0.25) is 4.90 Å². The lowest BCUT2D eigenvalue weighted by Gasteiger charge is -2.27. The number of ether oxygens (including phenoxy) is 2. The predicted molar refractivity (Wildman–Crippen MR) is 77.3 cm³/mol. The third-order valence-electron chi connectivity index (χ3n) is 3.54. The molecule has 1 atom stereocenters. The van der Waals surface area contributed by atoms with Crippen molar-refractivity contribution in [2.45, 2.75) is 31.9 Å². The average molecular weight is 264 g/mol. The highest BCUT2D eigenvalue weighted by atomic mass is 16.5. The minimum atomic E-state index is 0.374. The van der Waals surface area contributed by atoms with Crippen LogP contribution in [0.25, 0.3) is 0 Å². The first-order valence-corrected chi connectivity index (χ1v) is 6.91. The van der Waals surface area contributed by atoms with E-state index in [9.17, 15) is 0 Å². The first-order chi connectivity index (χ1) is 9.19. The molecule has 106 valence electrons. The first-order valence-electron chi connectivity index (χ1n) is 6.91. The number of nitrogens with two attached hydrogens (primary N) is 1. The Kier molecular flexibility index (Phi) is 5.05. The lowest BCUT2D eigenvalue weighted by atomic mass is 10.1. The first kappa shape index (κ1) is 14.2. The number of methoxy groups -OCH3 is 1. The van der Waals surface area contributed by atoms with Crippen molar-refractivity contribution in [3.05, 3.63) is 23.8 Å². The number of benzene rings is 1. The molecule has 4 heteroatoms. The van der Waals surface area contributed by atoms with Gasteiger partial charge in [-0.15, -0.1) is 0 Å². The molecule has 1 aromatic rings. The van der Waals surface area contributed by atoms with Crippen molar-refractivity contribution in [1.82, 2.24) is 4.90 Å². The Morgan fingerprint density at radius 1 is 1.42 bits per heavy atom. The van der Waals surface area contributed by atoms with E-state index in [4.69, 9.17) is 15.2 Å². The topological polar surface area (TPSA) is 47.7 Å². The molecule has 2 N–H and O–H groups in total. The standard InChI is InChI=1S/C15H24N2O2/c1-17(11-14-5-3-4-8-19-14)10-12-6-7-13(16)9-15(12)18-2/h6-7,9,14H,3-5,8,10-11,16H2,1-2H3. The van der Waals surface area contributed by atoms with Gasteiger partial charge in [-0.05, 0) is 32.4 Å². The van der Waals surface area contributed by atoms with E-state index < -0.39 is 0 Å². The zero-order valence-electron chi connectivity index (χ0n) is 11.9. The molecule has 0 spiro atoms. The summed E-state index contributed by atoms with van der Waals surface area (Å²) in [4.78, 5) is 2.28. The second-order valence-electron chi connectivity index (χ2n) is 5.26. The van der Waals surface area contributed by atoms with Gasteiger partial charge in [0.05, 0.1) is 13.2 Å². The smallest absolute Gasteiger partial charge is 0.125 e. The summed E-state index contributed by atoms with van der Waals surface area (Å²) in [5.74, 6) is 0.858. The molecular weight excluding hydrogens is 240 g/mol. The van der Waals surface area contributed by atoms with Crippen LogP contribution >= 0.6 is 0 Å². The van der Waals surface area contributed by atoms with Crippen molar-refractivity contribution in [2.24, 2.45) is 0 Å². The van der Waals surface area contributed by atoms with Gasteiger partial charge < -0.3 is 15.2 Å². The molecule has 0 bridgehead atoms. The van der Waals surface area contributed by atoms with Gasteiger partial charge in [0, 0.05) is 37.0 Å². The fourth-order valence-electron chi connectivity index (χ4n) is 2.55. The summed E-state index contributed by atoms with van der Waals surface area (Å²) >= 11 is 0. The van der Waals surface area contributed by atoms with Crippen LogP contribution in [0.3, 0.4) is 0 Å². The van der Waals surface area contributed by atoms with Gasteiger partial charge in [0.2, 0.25) is 0 Å². The maximum atomic E-state index is 5.77. The lowest BCUT2D eigenvalue weighted by Crippen LogP contribution is -2.33. The number of nitrogen functional groups attached to an aromatic ring is 1. The van der Waals surface area contributed by atoms with E-state index in [0.29, 0.717) is 6.10 Å². The summed E-state index contributed by atoms with van der Waals surface area (Å²) in [6.45, 7) is 2.72. The molecule has 19 heavy (non-hydrogen) atoms. The zero-order chi connectivity index (χ0) is 13.7. The number of nitrogens with zero attached hydrogens (tertiary/aromatic N) is 1. The zero-order valence-corrected chi connectivity index (χ0v) is 11.9. The number of hydrogen-bond donors (Lipinski definition) is 1. The number of rotatable bonds is 5. The Balaban J connectivity index is 1.92. The third-order valence-corrected chi connectivity index (χ3v) is 3.54. The highest BCUT2D eigenvalue weighted by molar-refractivity contribution is 5.48. The van der Waals surface area contributed by atoms with Crippen molar-refractivity contribution in [2.75, 3.05) is 33.0 Å². The van der Waals surface area contributed by atoms with E-state index in [1.807, 2.05) is 18.2 Å². The van der Waals surface area contributed by atoms with Gasteiger partial charge in [0.15, 0.2) is 0 Å². The van der Waals surface area contributed by atoms with Gasteiger partial charge in [-0.25, -0.2) is 0 Å². The molecule has 1 aliphatic heterocycles. The lowest BCUT2D eigenvalue weighted by molar-refractivity contribution is -0.00267. The van der Waals surface area contributed by atoms with Crippen LogP contribution in [0, 0.1) is 0 Å². The molecule has 1 aliphatic rings. The Hall–Kier alpha value is -1.26. The van der Waals surface area contributed by atoms with Crippen LogP contribution in [0.5, 0.6) is 5.75 Å².